The minimum Gasteiger partial charge on any atom is -0.434 e. The van der Waals surface area contributed by atoms with Gasteiger partial charge in [-0.1, -0.05) is 19.1 Å². The number of halogens is 2. The zero-order valence-electron chi connectivity index (χ0n) is 16.3. The number of hydrogen-bond acceptors (Lipinski definition) is 4. The Bertz CT molecular complexity index is 766. The summed E-state index contributed by atoms with van der Waals surface area (Å²) in [7, 11) is 0. The molecule has 1 aliphatic carbocycles. The van der Waals surface area contributed by atoms with Crippen molar-refractivity contribution >= 4 is 17.7 Å². The maximum Gasteiger partial charge on any atom is 0.387 e. The van der Waals surface area contributed by atoms with Crippen molar-refractivity contribution in [3.8, 4) is 5.75 Å². The van der Waals surface area contributed by atoms with Crippen molar-refractivity contribution < 1.29 is 27.9 Å². The fourth-order valence-corrected chi connectivity index (χ4v) is 3.44. The molecule has 3 amide bonds. The van der Waals surface area contributed by atoms with Crippen molar-refractivity contribution in [2.24, 2.45) is 11.8 Å². The van der Waals surface area contributed by atoms with Gasteiger partial charge in [0.25, 0.3) is 5.91 Å². The van der Waals surface area contributed by atoms with E-state index in [9.17, 15) is 23.2 Å². The number of carbonyl (C=O) groups excluding carboxylic acids is 3. The minimum absolute atomic E-state index is 0.00500. The molecule has 0 bridgehead atoms. The van der Waals surface area contributed by atoms with Crippen molar-refractivity contribution in [3.05, 3.63) is 29.8 Å². The number of hydrogen-bond donors (Lipinski definition) is 1. The molecular weight excluding hydrogens is 384 g/mol. The molecule has 158 valence electrons. The van der Waals surface area contributed by atoms with E-state index in [-0.39, 0.29) is 35.5 Å². The Morgan fingerprint density at radius 1 is 1.14 bits per heavy atom. The monoisotopic (exact) mass is 409 g/mol. The molecule has 2 atom stereocenters. The molecule has 3 rings (SSSR count). The highest BCUT2D eigenvalue weighted by molar-refractivity contribution is 5.97. The number of piperazine rings is 1. The predicted molar refractivity (Wildman–Crippen MR) is 100 cm³/mol. The molecule has 9 heteroatoms. The summed E-state index contributed by atoms with van der Waals surface area (Å²) in [6, 6.07) is 5.88. The van der Waals surface area contributed by atoms with E-state index in [1.54, 1.807) is 11.0 Å². The summed E-state index contributed by atoms with van der Waals surface area (Å²) in [6.45, 7) is 0.639. The van der Waals surface area contributed by atoms with E-state index >= 15 is 0 Å². The van der Waals surface area contributed by atoms with E-state index < -0.39 is 12.5 Å². The molecule has 1 heterocycles. The molecule has 0 radical (unpaired) electrons. The number of rotatable bonds is 7. The lowest BCUT2D eigenvalue weighted by molar-refractivity contribution is -0.132. The van der Waals surface area contributed by atoms with Gasteiger partial charge in [-0.05, 0) is 24.5 Å². The minimum atomic E-state index is -3.01. The fourth-order valence-electron chi connectivity index (χ4n) is 3.44. The Kier molecular flexibility index (Phi) is 6.66. The molecule has 1 N–H and O–H groups in total. The van der Waals surface area contributed by atoms with Crippen molar-refractivity contribution in [1.82, 2.24) is 15.1 Å². The maximum absolute atomic E-state index is 12.7. The van der Waals surface area contributed by atoms with E-state index in [2.05, 4.69) is 10.1 Å². The lowest BCUT2D eigenvalue weighted by atomic mass is 10.1. The molecule has 7 nitrogen and oxygen atoms in total. The van der Waals surface area contributed by atoms with Gasteiger partial charge in [0.05, 0.1) is 5.56 Å². The highest BCUT2D eigenvalue weighted by Crippen LogP contribution is 2.37. The van der Waals surface area contributed by atoms with Gasteiger partial charge >= 0.3 is 6.61 Å². The van der Waals surface area contributed by atoms with Gasteiger partial charge in [-0.15, -0.1) is 0 Å². The zero-order chi connectivity index (χ0) is 21.0. The van der Waals surface area contributed by atoms with Crippen LogP contribution >= 0.6 is 0 Å². The SMILES string of the molecule is CC1CC1C(=O)NCCC(=O)N1CCN(C(=O)c2ccccc2OC(F)F)CC1. The first kappa shape index (κ1) is 21.0. The van der Waals surface area contributed by atoms with Crippen LogP contribution in [0.5, 0.6) is 5.75 Å². The lowest BCUT2D eigenvalue weighted by Gasteiger charge is -2.35. The van der Waals surface area contributed by atoms with Crippen molar-refractivity contribution in [2.45, 2.75) is 26.4 Å². The summed E-state index contributed by atoms with van der Waals surface area (Å²) in [5.74, 6) is -0.136. The van der Waals surface area contributed by atoms with Crippen LogP contribution in [0.25, 0.3) is 0 Å². The van der Waals surface area contributed by atoms with Crippen molar-refractivity contribution in [2.75, 3.05) is 32.7 Å². The number of nitrogens with zero attached hydrogens (tertiary/aromatic N) is 2. The second-order valence-corrected chi connectivity index (χ2v) is 7.41. The number of alkyl halides is 2. The summed E-state index contributed by atoms with van der Waals surface area (Å²) in [5.41, 5.74) is 0.0737. The topological polar surface area (TPSA) is 79.0 Å². The Labute approximate surface area is 168 Å². The molecule has 0 spiro atoms. The van der Waals surface area contributed by atoms with Gasteiger partial charge in [0, 0.05) is 45.1 Å². The molecule has 1 saturated heterocycles. The number of carbonyl (C=O) groups is 3. The molecular formula is C20H25F2N3O4. The standard InChI is InChI=1S/C20H25F2N3O4/c1-13-12-15(13)18(27)23-7-6-17(26)24-8-10-25(11-9-24)19(28)14-4-2-3-5-16(14)29-20(21)22/h2-5,13,15,20H,6-12H2,1H3,(H,23,27). The van der Waals surface area contributed by atoms with E-state index in [1.165, 1.54) is 23.1 Å². The molecule has 1 saturated carbocycles. The predicted octanol–water partition coefficient (Wildman–Crippen LogP) is 1.73. The summed E-state index contributed by atoms with van der Waals surface area (Å²) in [4.78, 5) is 39.9. The summed E-state index contributed by atoms with van der Waals surface area (Å²) >= 11 is 0. The van der Waals surface area contributed by atoms with Gasteiger partial charge in [0.1, 0.15) is 5.75 Å². The molecule has 0 aromatic heterocycles. The van der Waals surface area contributed by atoms with Gasteiger partial charge in [-0.3, -0.25) is 14.4 Å². The van der Waals surface area contributed by atoms with Crippen LogP contribution in [0.2, 0.25) is 0 Å². The number of benzene rings is 1. The highest BCUT2D eigenvalue weighted by Gasteiger charge is 2.38. The van der Waals surface area contributed by atoms with Crippen molar-refractivity contribution in [3.63, 3.8) is 0 Å². The molecule has 1 aliphatic heterocycles. The Morgan fingerprint density at radius 3 is 2.38 bits per heavy atom. The number of nitrogens with one attached hydrogen (secondary N) is 1. The van der Waals surface area contributed by atoms with Gasteiger partial charge in [-0.25, -0.2) is 0 Å². The van der Waals surface area contributed by atoms with Crippen LogP contribution in [0.1, 0.15) is 30.1 Å². The van der Waals surface area contributed by atoms with Crippen LogP contribution < -0.4 is 10.1 Å². The van der Waals surface area contributed by atoms with Crippen LogP contribution in [-0.4, -0.2) is 66.9 Å². The van der Waals surface area contributed by atoms with Crippen LogP contribution in [0.15, 0.2) is 24.3 Å². The maximum atomic E-state index is 12.7. The summed E-state index contributed by atoms with van der Waals surface area (Å²) < 4.78 is 29.5. The summed E-state index contributed by atoms with van der Waals surface area (Å²) in [5, 5.41) is 2.79. The van der Waals surface area contributed by atoms with E-state index in [0.717, 1.165) is 6.42 Å². The van der Waals surface area contributed by atoms with Gasteiger partial charge in [-0.2, -0.15) is 8.78 Å². The molecule has 2 aliphatic rings. The quantitative estimate of drug-likeness (QED) is 0.744. The largest absolute Gasteiger partial charge is 0.434 e. The van der Waals surface area contributed by atoms with Crippen LogP contribution in [0.3, 0.4) is 0 Å². The number of amides is 3. The number of ether oxygens (including phenoxy) is 1. The third-order valence-electron chi connectivity index (χ3n) is 5.34. The second kappa shape index (κ2) is 9.19. The first-order valence-electron chi connectivity index (χ1n) is 9.75. The average Bonchev–Trinajstić information content (AvgIpc) is 3.44. The average molecular weight is 409 g/mol. The fraction of sp³-hybridized carbons (Fsp3) is 0.550. The molecule has 1 aromatic rings. The van der Waals surface area contributed by atoms with E-state index in [4.69, 9.17) is 0 Å². The third-order valence-corrected chi connectivity index (χ3v) is 5.34. The van der Waals surface area contributed by atoms with Gasteiger partial charge < -0.3 is 19.9 Å². The van der Waals surface area contributed by atoms with Gasteiger partial charge in [0.15, 0.2) is 0 Å². The van der Waals surface area contributed by atoms with Crippen molar-refractivity contribution in [1.29, 1.82) is 0 Å². The van der Waals surface area contributed by atoms with Gasteiger partial charge in [0.2, 0.25) is 11.8 Å². The lowest BCUT2D eigenvalue weighted by Crippen LogP contribution is -2.51. The van der Waals surface area contributed by atoms with E-state index in [0.29, 0.717) is 38.6 Å². The molecule has 2 unspecified atom stereocenters. The van der Waals surface area contributed by atoms with Crippen LogP contribution in [0.4, 0.5) is 8.78 Å². The normalized spacial score (nSPS) is 21.1. The Morgan fingerprint density at radius 2 is 1.76 bits per heavy atom. The Balaban J connectivity index is 1.45. The van der Waals surface area contributed by atoms with Crippen LogP contribution in [0, 0.1) is 11.8 Å². The summed E-state index contributed by atoms with van der Waals surface area (Å²) in [6.07, 6.45) is 1.12. The highest BCUT2D eigenvalue weighted by atomic mass is 19.3. The molecule has 2 fully saturated rings. The third kappa shape index (κ3) is 5.42. The number of para-hydroxylation sites is 1. The Hall–Kier alpha value is -2.71. The van der Waals surface area contributed by atoms with Crippen LogP contribution in [-0.2, 0) is 9.59 Å². The molecule has 1 aromatic carbocycles. The first-order chi connectivity index (χ1) is 13.9. The smallest absolute Gasteiger partial charge is 0.387 e. The van der Waals surface area contributed by atoms with E-state index in [1.807, 2.05) is 6.92 Å². The zero-order valence-corrected chi connectivity index (χ0v) is 16.3. The first-order valence-corrected chi connectivity index (χ1v) is 9.75. The second-order valence-electron chi connectivity index (χ2n) is 7.41. The molecule has 29 heavy (non-hydrogen) atoms.